The zero-order chi connectivity index (χ0) is 19.5. The van der Waals surface area contributed by atoms with E-state index < -0.39 is 13.9 Å². The zero-order valence-electron chi connectivity index (χ0n) is 17.0. The number of β-amino-alcohol motifs (C(OH)–C–C–N with tert-alkyl or cyclic N) is 1. The maximum atomic E-state index is 10.2. The smallest absolute Gasteiger partial charge is 0.261 e. The monoisotopic (exact) mass is 383 g/mol. The molecular formula is C23H33NO2Si. The Labute approximate surface area is 164 Å². The normalized spacial score (nSPS) is 24.0. The van der Waals surface area contributed by atoms with E-state index in [9.17, 15) is 5.11 Å². The summed E-state index contributed by atoms with van der Waals surface area (Å²) in [7, 11) is -2.47. The number of aliphatic hydroxyl groups is 1. The molecule has 1 aliphatic heterocycles. The first-order valence-corrected chi connectivity index (χ1v) is 11.9. The molecule has 2 aromatic rings. The Morgan fingerprint density at radius 2 is 1.56 bits per heavy atom. The van der Waals surface area contributed by atoms with Gasteiger partial charge in [-0.15, -0.1) is 0 Å². The molecule has 2 N–H and O–H groups in total. The van der Waals surface area contributed by atoms with Crippen LogP contribution in [0.5, 0.6) is 0 Å². The van der Waals surface area contributed by atoms with Gasteiger partial charge in [-0.1, -0.05) is 81.4 Å². The molecule has 0 aliphatic carbocycles. The SMILES string of the molecule is CC(C)(C)[Si](OC[C@H]1CC[C@@](C)(O)CN1)(c1ccccc1)c1ccccc1. The summed E-state index contributed by atoms with van der Waals surface area (Å²) in [6, 6.07) is 21.8. The van der Waals surface area contributed by atoms with Gasteiger partial charge in [0, 0.05) is 12.6 Å². The molecule has 0 bridgehead atoms. The molecule has 1 aliphatic rings. The van der Waals surface area contributed by atoms with Gasteiger partial charge in [0.1, 0.15) is 0 Å². The highest BCUT2D eigenvalue weighted by atomic mass is 28.4. The second kappa shape index (κ2) is 7.88. The minimum Gasteiger partial charge on any atom is -0.406 e. The molecular weight excluding hydrogens is 350 g/mol. The lowest BCUT2D eigenvalue weighted by molar-refractivity contribution is 0.0181. The molecule has 0 amide bonds. The number of hydrogen-bond acceptors (Lipinski definition) is 3. The van der Waals surface area contributed by atoms with E-state index in [1.807, 2.05) is 6.92 Å². The number of nitrogens with one attached hydrogen (secondary N) is 1. The average Bonchev–Trinajstić information content (AvgIpc) is 2.64. The molecule has 3 rings (SSSR count). The lowest BCUT2D eigenvalue weighted by Gasteiger charge is -2.44. The third-order valence-corrected chi connectivity index (χ3v) is 10.7. The quantitative estimate of drug-likeness (QED) is 0.780. The van der Waals surface area contributed by atoms with Gasteiger partial charge < -0.3 is 14.8 Å². The number of hydrogen-bond donors (Lipinski definition) is 2. The van der Waals surface area contributed by atoms with Crippen LogP contribution in [0, 0.1) is 0 Å². The van der Waals surface area contributed by atoms with Crippen LogP contribution in [0.1, 0.15) is 40.5 Å². The van der Waals surface area contributed by atoms with Crippen molar-refractivity contribution in [1.29, 1.82) is 0 Å². The minimum atomic E-state index is -2.47. The molecule has 0 unspecified atom stereocenters. The fourth-order valence-corrected chi connectivity index (χ4v) is 8.78. The van der Waals surface area contributed by atoms with E-state index in [1.54, 1.807) is 0 Å². The molecule has 0 radical (unpaired) electrons. The molecule has 0 aromatic heterocycles. The summed E-state index contributed by atoms with van der Waals surface area (Å²) < 4.78 is 6.97. The first kappa shape index (κ1) is 20.3. The highest BCUT2D eigenvalue weighted by molar-refractivity contribution is 6.99. The van der Waals surface area contributed by atoms with Crippen LogP contribution in [-0.2, 0) is 4.43 Å². The van der Waals surface area contributed by atoms with E-state index in [-0.39, 0.29) is 11.1 Å². The zero-order valence-corrected chi connectivity index (χ0v) is 18.0. The van der Waals surface area contributed by atoms with Crippen LogP contribution in [0.2, 0.25) is 5.04 Å². The largest absolute Gasteiger partial charge is 0.406 e. The molecule has 1 heterocycles. The first-order valence-electron chi connectivity index (χ1n) is 9.95. The third-order valence-electron chi connectivity index (χ3n) is 5.72. The summed E-state index contributed by atoms with van der Waals surface area (Å²) >= 11 is 0. The van der Waals surface area contributed by atoms with Crippen LogP contribution in [0.3, 0.4) is 0 Å². The summed E-state index contributed by atoms with van der Waals surface area (Å²) in [6.07, 6.45) is 1.75. The Bertz CT molecular complexity index is 676. The van der Waals surface area contributed by atoms with Crippen molar-refractivity contribution in [2.24, 2.45) is 0 Å². The highest BCUT2D eigenvalue weighted by Gasteiger charge is 2.50. The molecule has 2 atom stereocenters. The average molecular weight is 384 g/mol. The van der Waals surface area contributed by atoms with Gasteiger partial charge in [0.2, 0.25) is 0 Å². The second-order valence-corrected chi connectivity index (χ2v) is 13.4. The summed E-state index contributed by atoms with van der Waals surface area (Å²) in [5, 5.41) is 16.3. The van der Waals surface area contributed by atoms with Gasteiger partial charge in [-0.3, -0.25) is 0 Å². The summed E-state index contributed by atoms with van der Waals surface area (Å²) in [5.41, 5.74) is -0.603. The Morgan fingerprint density at radius 1 is 1.04 bits per heavy atom. The molecule has 1 saturated heterocycles. The fraction of sp³-hybridized carbons (Fsp3) is 0.478. The van der Waals surface area contributed by atoms with E-state index in [4.69, 9.17) is 4.43 Å². The van der Waals surface area contributed by atoms with Crippen molar-refractivity contribution in [3.05, 3.63) is 60.7 Å². The Balaban J connectivity index is 1.95. The maximum Gasteiger partial charge on any atom is 0.261 e. The van der Waals surface area contributed by atoms with Gasteiger partial charge in [-0.2, -0.15) is 0 Å². The van der Waals surface area contributed by atoms with Crippen LogP contribution >= 0.6 is 0 Å². The van der Waals surface area contributed by atoms with E-state index in [2.05, 4.69) is 86.8 Å². The van der Waals surface area contributed by atoms with Gasteiger partial charge >= 0.3 is 0 Å². The van der Waals surface area contributed by atoms with Crippen LogP contribution in [0.4, 0.5) is 0 Å². The predicted octanol–water partition coefficient (Wildman–Crippen LogP) is 3.07. The molecule has 27 heavy (non-hydrogen) atoms. The van der Waals surface area contributed by atoms with Crippen molar-refractivity contribution < 1.29 is 9.53 Å². The van der Waals surface area contributed by atoms with Crippen LogP contribution in [0.15, 0.2) is 60.7 Å². The lowest BCUT2D eigenvalue weighted by atomic mass is 9.93. The Kier molecular flexibility index (Phi) is 5.92. The predicted molar refractivity (Wildman–Crippen MR) is 115 cm³/mol. The number of rotatable bonds is 5. The van der Waals surface area contributed by atoms with Gasteiger partial charge in [0.25, 0.3) is 8.32 Å². The maximum absolute atomic E-state index is 10.2. The third kappa shape index (κ3) is 4.35. The van der Waals surface area contributed by atoms with Gasteiger partial charge in [0.05, 0.1) is 12.2 Å². The van der Waals surface area contributed by atoms with Crippen LogP contribution in [0.25, 0.3) is 0 Å². The standard InChI is InChI=1S/C23H33NO2Si/c1-22(2,3)27(20-11-7-5-8-12-20,21-13-9-6-10-14-21)26-17-19-15-16-23(4,25)18-24-19/h5-14,19,24-25H,15-18H2,1-4H3/t19-,23-/m1/s1. The summed E-state index contributed by atoms with van der Waals surface area (Å²) in [4.78, 5) is 0. The van der Waals surface area contributed by atoms with Crippen molar-refractivity contribution >= 4 is 18.7 Å². The summed E-state index contributed by atoms with van der Waals surface area (Å²) in [5.74, 6) is 0. The van der Waals surface area contributed by atoms with Crippen molar-refractivity contribution in [1.82, 2.24) is 5.32 Å². The van der Waals surface area contributed by atoms with Crippen molar-refractivity contribution in [2.45, 2.75) is 57.2 Å². The Hall–Kier alpha value is -1.46. The van der Waals surface area contributed by atoms with Crippen molar-refractivity contribution in [3.63, 3.8) is 0 Å². The van der Waals surface area contributed by atoms with Crippen LogP contribution < -0.4 is 15.7 Å². The molecule has 0 saturated carbocycles. The number of piperidine rings is 1. The minimum absolute atomic E-state index is 0.00410. The topological polar surface area (TPSA) is 41.5 Å². The summed E-state index contributed by atoms with van der Waals surface area (Å²) in [6.45, 7) is 10.1. The molecule has 4 heteroatoms. The number of benzene rings is 2. The molecule has 1 fully saturated rings. The van der Waals surface area contributed by atoms with E-state index in [0.29, 0.717) is 13.2 Å². The van der Waals surface area contributed by atoms with Gasteiger partial charge in [-0.25, -0.2) is 0 Å². The lowest BCUT2D eigenvalue weighted by Crippen LogP contribution is -2.67. The molecule has 3 nitrogen and oxygen atoms in total. The highest BCUT2D eigenvalue weighted by Crippen LogP contribution is 2.37. The molecule has 2 aromatic carbocycles. The van der Waals surface area contributed by atoms with E-state index in [0.717, 1.165) is 12.8 Å². The molecule has 0 spiro atoms. The van der Waals surface area contributed by atoms with E-state index >= 15 is 0 Å². The fourth-order valence-electron chi connectivity index (χ4n) is 4.17. The van der Waals surface area contributed by atoms with Crippen molar-refractivity contribution in [2.75, 3.05) is 13.2 Å². The van der Waals surface area contributed by atoms with Crippen LogP contribution in [-0.4, -0.2) is 38.2 Å². The van der Waals surface area contributed by atoms with Gasteiger partial charge in [0.15, 0.2) is 0 Å². The van der Waals surface area contributed by atoms with E-state index in [1.165, 1.54) is 10.4 Å². The Morgan fingerprint density at radius 3 is 1.96 bits per heavy atom. The molecule has 146 valence electrons. The second-order valence-electron chi connectivity index (χ2n) is 9.09. The van der Waals surface area contributed by atoms with Crippen molar-refractivity contribution in [3.8, 4) is 0 Å². The first-order chi connectivity index (χ1) is 12.7. The van der Waals surface area contributed by atoms with Gasteiger partial charge in [-0.05, 0) is 35.2 Å².